The van der Waals surface area contributed by atoms with E-state index in [0.717, 1.165) is 11.1 Å². The zero-order valence-electron chi connectivity index (χ0n) is 11.3. The number of ether oxygens (including phenoxy) is 2. The van der Waals surface area contributed by atoms with Crippen molar-refractivity contribution >= 4 is 11.6 Å². The number of fused-ring (bicyclic) bond motifs is 1. The number of para-hydroxylation sites is 1. The van der Waals surface area contributed by atoms with Crippen molar-refractivity contribution in [3.05, 3.63) is 58.4 Å². The van der Waals surface area contributed by atoms with Crippen molar-refractivity contribution in [2.24, 2.45) is 5.73 Å². The van der Waals surface area contributed by atoms with Crippen LogP contribution in [0.3, 0.4) is 0 Å². The van der Waals surface area contributed by atoms with E-state index in [9.17, 15) is 4.39 Å². The second kappa shape index (κ2) is 5.92. The third-order valence-corrected chi connectivity index (χ3v) is 3.74. The Morgan fingerprint density at radius 1 is 1.19 bits per heavy atom. The van der Waals surface area contributed by atoms with Crippen LogP contribution in [-0.2, 0) is 6.42 Å². The van der Waals surface area contributed by atoms with Crippen LogP contribution in [0.5, 0.6) is 11.5 Å². The molecule has 21 heavy (non-hydrogen) atoms. The molecular formula is C16H15ClFNO2. The van der Waals surface area contributed by atoms with Crippen LogP contribution < -0.4 is 15.2 Å². The third kappa shape index (κ3) is 2.96. The van der Waals surface area contributed by atoms with Crippen LogP contribution in [-0.4, -0.2) is 13.2 Å². The molecule has 2 aromatic rings. The molecule has 0 spiro atoms. The SMILES string of the molecule is NC(Cc1ccc(Cl)c(F)c1)c1cccc2c1OCCO2. The van der Waals surface area contributed by atoms with E-state index in [1.165, 1.54) is 6.07 Å². The molecule has 0 aromatic heterocycles. The van der Waals surface area contributed by atoms with Gasteiger partial charge in [-0.25, -0.2) is 4.39 Å². The Balaban J connectivity index is 1.85. The highest BCUT2D eigenvalue weighted by Gasteiger charge is 2.20. The molecule has 3 nitrogen and oxygen atoms in total. The summed E-state index contributed by atoms with van der Waals surface area (Å²) in [5.74, 6) is 0.957. The van der Waals surface area contributed by atoms with E-state index in [0.29, 0.717) is 31.1 Å². The lowest BCUT2D eigenvalue weighted by atomic mass is 9.98. The number of benzene rings is 2. The average Bonchev–Trinajstić information content (AvgIpc) is 2.50. The molecule has 0 aliphatic carbocycles. The van der Waals surface area contributed by atoms with Gasteiger partial charge in [0.15, 0.2) is 11.5 Å². The molecule has 0 fully saturated rings. The highest BCUT2D eigenvalue weighted by molar-refractivity contribution is 6.30. The molecule has 1 heterocycles. The van der Waals surface area contributed by atoms with Crippen LogP contribution >= 0.6 is 11.6 Å². The minimum atomic E-state index is -0.434. The molecule has 1 atom stereocenters. The van der Waals surface area contributed by atoms with Gasteiger partial charge in [-0.05, 0) is 30.2 Å². The Labute approximate surface area is 127 Å². The fourth-order valence-electron chi connectivity index (χ4n) is 2.42. The van der Waals surface area contributed by atoms with Crippen molar-refractivity contribution in [1.29, 1.82) is 0 Å². The van der Waals surface area contributed by atoms with Gasteiger partial charge in [0.2, 0.25) is 0 Å². The van der Waals surface area contributed by atoms with Gasteiger partial charge in [-0.2, -0.15) is 0 Å². The van der Waals surface area contributed by atoms with Gasteiger partial charge >= 0.3 is 0 Å². The standard InChI is InChI=1S/C16H15ClFNO2/c17-12-5-4-10(8-13(12)18)9-14(19)11-2-1-3-15-16(11)21-7-6-20-15/h1-5,8,14H,6-7,9,19H2. The molecule has 5 heteroatoms. The maximum absolute atomic E-state index is 13.5. The molecule has 0 saturated heterocycles. The topological polar surface area (TPSA) is 44.5 Å². The quantitative estimate of drug-likeness (QED) is 0.944. The molecule has 110 valence electrons. The second-order valence-corrected chi connectivity index (χ2v) is 5.34. The summed E-state index contributed by atoms with van der Waals surface area (Å²) in [6.07, 6.45) is 0.494. The van der Waals surface area contributed by atoms with E-state index < -0.39 is 5.82 Å². The molecule has 1 aliphatic rings. The summed E-state index contributed by atoms with van der Waals surface area (Å²) in [6.45, 7) is 1.04. The average molecular weight is 308 g/mol. The highest BCUT2D eigenvalue weighted by atomic mass is 35.5. The van der Waals surface area contributed by atoms with Gasteiger partial charge in [0.1, 0.15) is 19.0 Å². The predicted molar refractivity (Wildman–Crippen MR) is 79.5 cm³/mol. The number of rotatable bonds is 3. The van der Waals surface area contributed by atoms with E-state index in [1.54, 1.807) is 12.1 Å². The Bertz CT molecular complexity index is 663. The van der Waals surface area contributed by atoms with Gasteiger partial charge in [-0.15, -0.1) is 0 Å². The Kier molecular flexibility index (Phi) is 3.99. The lowest BCUT2D eigenvalue weighted by molar-refractivity contribution is 0.169. The summed E-state index contributed by atoms with van der Waals surface area (Å²) in [4.78, 5) is 0. The van der Waals surface area contributed by atoms with E-state index in [2.05, 4.69) is 0 Å². The first-order valence-corrected chi connectivity index (χ1v) is 7.11. The Morgan fingerprint density at radius 2 is 2.00 bits per heavy atom. The summed E-state index contributed by atoms with van der Waals surface area (Å²) >= 11 is 5.69. The third-order valence-electron chi connectivity index (χ3n) is 3.44. The molecular weight excluding hydrogens is 293 g/mol. The fourth-order valence-corrected chi connectivity index (χ4v) is 2.54. The first kappa shape index (κ1) is 14.2. The Morgan fingerprint density at radius 3 is 2.81 bits per heavy atom. The van der Waals surface area contributed by atoms with Crippen LogP contribution in [0.25, 0.3) is 0 Å². The van der Waals surface area contributed by atoms with Crippen molar-refractivity contribution in [3.63, 3.8) is 0 Å². The maximum Gasteiger partial charge on any atom is 0.166 e. The van der Waals surface area contributed by atoms with E-state index in [-0.39, 0.29) is 11.1 Å². The van der Waals surface area contributed by atoms with Gasteiger partial charge in [0, 0.05) is 11.6 Å². The van der Waals surface area contributed by atoms with Crippen molar-refractivity contribution in [3.8, 4) is 11.5 Å². The van der Waals surface area contributed by atoms with E-state index >= 15 is 0 Å². The number of halogens is 2. The highest BCUT2D eigenvalue weighted by Crippen LogP contribution is 2.37. The van der Waals surface area contributed by atoms with Crippen molar-refractivity contribution in [1.82, 2.24) is 0 Å². The molecule has 2 N–H and O–H groups in total. The first-order valence-electron chi connectivity index (χ1n) is 6.73. The summed E-state index contributed by atoms with van der Waals surface area (Å²) in [5, 5.41) is 0.112. The fraction of sp³-hybridized carbons (Fsp3) is 0.250. The zero-order valence-corrected chi connectivity index (χ0v) is 12.1. The summed E-state index contributed by atoms with van der Waals surface area (Å²) in [5.41, 5.74) is 7.90. The maximum atomic E-state index is 13.5. The molecule has 0 bridgehead atoms. The van der Waals surface area contributed by atoms with Crippen LogP contribution in [0, 0.1) is 5.82 Å². The zero-order chi connectivity index (χ0) is 14.8. The van der Waals surface area contributed by atoms with Crippen molar-refractivity contribution < 1.29 is 13.9 Å². The molecule has 0 amide bonds. The molecule has 2 aromatic carbocycles. The number of hydrogen-bond acceptors (Lipinski definition) is 3. The van der Waals surface area contributed by atoms with Gasteiger partial charge in [0.05, 0.1) is 5.02 Å². The monoisotopic (exact) mass is 307 g/mol. The van der Waals surface area contributed by atoms with Crippen molar-refractivity contribution in [2.75, 3.05) is 13.2 Å². The normalized spacial score (nSPS) is 14.8. The van der Waals surface area contributed by atoms with Crippen molar-refractivity contribution in [2.45, 2.75) is 12.5 Å². The number of hydrogen-bond donors (Lipinski definition) is 1. The van der Waals surface area contributed by atoms with Crippen LogP contribution in [0.15, 0.2) is 36.4 Å². The lowest BCUT2D eigenvalue weighted by Gasteiger charge is -2.23. The van der Waals surface area contributed by atoms with Crippen LogP contribution in [0.4, 0.5) is 4.39 Å². The van der Waals surface area contributed by atoms with Gasteiger partial charge < -0.3 is 15.2 Å². The van der Waals surface area contributed by atoms with E-state index in [1.807, 2.05) is 18.2 Å². The first-order chi connectivity index (χ1) is 10.1. The molecule has 3 rings (SSSR count). The molecule has 0 radical (unpaired) electrons. The lowest BCUT2D eigenvalue weighted by Crippen LogP contribution is -2.20. The smallest absolute Gasteiger partial charge is 0.166 e. The minimum absolute atomic E-state index is 0.112. The van der Waals surface area contributed by atoms with Gasteiger partial charge in [0.25, 0.3) is 0 Å². The molecule has 1 aliphatic heterocycles. The number of nitrogens with two attached hydrogens (primary N) is 1. The summed E-state index contributed by atoms with van der Waals surface area (Å²) in [7, 11) is 0. The summed E-state index contributed by atoms with van der Waals surface area (Å²) < 4.78 is 24.7. The van der Waals surface area contributed by atoms with E-state index in [4.69, 9.17) is 26.8 Å². The van der Waals surface area contributed by atoms with Gasteiger partial charge in [-0.3, -0.25) is 0 Å². The van der Waals surface area contributed by atoms with Gasteiger partial charge in [-0.1, -0.05) is 29.8 Å². The second-order valence-electron chi connectivity index (χ2n) is 4.93. The minimum Gasteiger partial charge on any atom is -0.486 e. The predicted octanol–water partition coefficient (Wildman–Crippen LogP) is 3.49. The van der Waals surface area contributed by atoms with Crippen LogP contribution in [0.1, 0.15) is 17.2 Å². The summed E-state index contributed by atoms with van der Waals surface area (Å²) in [6, 6.07) is 10.1. The molecule has 0 saturated carbocycles. The van der Waals surface area contributed by atoms with Crippen LogP contribution in [0.2, 0.25) is 5.02 Å². The molecule has 1 unspecified atom stereocenters. The Hall–Kier alpha value is -1.78. The largest absolute Gasteiger partial charge is 0.486 e.